The number of carbonyl (C=O) groups excluding carboxylic acids is 2. The van der Waals surface area contributed by atoms with Crippen molar-refractivity contribution in [2.75, 3.05) is 32.1 Å². The van der Waals surface area contributed by atoms with E-state index in [0.717, 1.165) is 57.4 Å². The van der Waals surface area contributed by atoms with Gasteiger partial charge in [-0.3, -0.25) is 9.69 Å². The van der Waals surface area contributed by atoms with E-state index in [2.05, 4.69) is 21.7 Å². The molecule has 29 heavy (non-hydrogen) atoms. The molecule has 4 rings (SSSR count). The number of aryl methyl sites for hydroxylation is 1. The van der Waals surface area contributed by atoms with Crippen LogP contribution in [-0.2, 0) is 33.7 Å². The highest BCUT2D eigenvalue weighted by Crippen LogP contribution is 2.39. The summed E-state index contributed by atoms with van der Waals surface area (Å²) in [5, 5.41) is 5.67. The highest BCUT2D eigenvalue weighted by Gasteiger charge is 2.28. The zero-order chi connectivity index (χ0) is 20.2. The molecule has 0 bridgehead atoms. The van der Waals surface area contributed by atoms with Gasteiger partial charge in [0.2, 0.25) is 5.91 Å². The molecule has 8 heteroatoms. The van der Waals surface area contributed by atoms with Crippen molar-refractivity contribution >= 4 is 39.6 Å². The van der Waals surface area contributed by atoms with Crippen molar-refractivity contribution < 1.29 is 19.1 Å². The van der Waals surface area contributed by atoms with Crippen molar-refractivity contribution in [1.29, 1.82) is 0 Å². The van der Waals surface area contributed by atoms with Gasteiger partial charge >= 0.3 is 5.97 Å². The number of anilines is 1. The number of hydrogen-bond donors (Lipinski definition) is 1. The van der Waals surface area contributed by atoms with Gasteiger partial charge in [-0.1, -0.05) is 6.07 Å². The van der Waals surface area contributed by atoms with Crippen LogP contribution < -0.4 is 5.32 Å². The van der Waals surface area contributed by atoms with Crippen LogP contribution in [0, 0.1) is 0 Å². The fourth-order valence-electron chi connectivity index (χ4n) is 4.06. The molecule has 1 aliphatic carbocycles. The van der Waals surface area contributed by atoms with Gasteiger partial charge in [-0.2, -0.15) is 0 Å². The average Bonchev–Trinajstić information content (AvgIpc) is 3.46. The lowest BCUT2D eigenvalue weighted by molar-refractivity contribution is -0.117. The highest BCUT2D eigenvalue weighted by atomic mass is 32.1. The summed E-state index contributed by atoms with van der Waals surface area (Å²) in [7, 11) is 1.39. The number of methoxy groups -OCH3 is 1. The van der Waals surface area contributed by atoms with Gasteiger partial charge < -0.3 is 14.8 Å². The highest BCUT2D eigenvalue weighted by molar-refractivity contribution is 7.17. The van der Waals surface area contributed by atoms with Crippen molar-refractivity contribution in [2.45, 2.75) is 44.8 Å². The Hall–Kier alpha value is -1.74. The van der Waals surface area contributed by atoms with Crippen LogP contribution in [0.25, 0.3) is 0 Å². The molecule has 1 saturated heterocycles. The van der Waals surface area contributed by atoms with Gasteiger partial charge in [-0.15, -0.1) is 22.7 Å². The van der Waals surface area contributed by atoms with Crippen LogP contribution >= 0.6 is 22.7 Å². The summed E-state index contributed by atoms with van der Waals surface area (Å²) in [4.78, 5) is 29.7. The number of thiophene rings is 2. The Balaban J connectivity index is 1.45. The second kappa shape index (κ2) is 9.38. The van der Waals surface area contributed by atoms with E-state index in [-0.39, 0.29) is 24.5 Å². The zero-order valence-electron chi connectivity index (χ0n) is 16.6. The monoisotopic (exact) mass is 434 g/mol. The van der Waals surface area contributed by atoms with Gasteiger partial charge in [0.25, 0.3) is 0 Å². The van der Waals surface area contributed by atoms with E-state index in [9.17, 15) is 9.59 Å². The minimum atomic E-state index is -0.366. The molecule has 1 fully saturated rings. The predicted octanol–water partition coefficient (Wildman–Crippen LogP) is 3.70. The van der Waals surface area contributed by atoms with Gasteiger partial charge in [0.05, 0.1) is 25.3 Å². The number of carbonyl (C=O) groups is 2. The van der Waals surface area contributed by atoms with Crippen LogP contribution in [0.5, 0.6) is 0 Å². The molecule has 3 heterocycles. The van der Waals surface area contributed by atoms with Crippen LogP contribution in [-0.4, -0.2) is 49.7 Å². The first-order chi connectivity index (χ1) is 14.1. The number of ether oxygens (including phenoxy) is 2. The molecular formula is C21H26N2O4S2. The summed E-state index contributed by atoms with van der Waals surface area (Å²) in [6, 6.07) is 4.12. The number of rotatable bonds is 8. The summed E-state index contributed by atoms with van der Waals surface area (Å²) >= 11 is 3.20. The minimum absolute atomic E-state index is 0.107. The molecule has 0 aromatic carbocycles. The van der Waals surface area contributed by atoms with E-state index in [1.54, 1.807) is 11.3 Å². The van der Waals surface area contributed by atoms with Crippen molar-refractivity contribution in [3.05, 3.63) is 38.4 Å². The van der Waals surface area contributed by atoms with Gasteiger partial charge in [-0.25, -0.2) is 4.79 Å². The fraction of sp³-hybridized carbons (Fsp3) is 0.524. The maximum absolute atomic E-state index is 12.9. The minimum Gasteiger partial charge on any atom is -0.465 e. The molecule has 1 atom stereocenters. The van der Waals surface area contributed by atoms with Crippen LogP contribution in [0.2, 0.25) is 0 Å². The SMILES string of the molecule is COC(=O)c1c(NC(=O)CN(Cc2cccs2)C[C@@H]2CCCO2)sc2c1CCC2. The summed E-state index contributed by atoms with van der Waals surface area (Å²) < 4.78 is 10.8. The van der Waals surface area contributed by atoms with E-state index in [1.807, 2.05) is 6.07 Å². The number of esters is 1. The second-order valence-corrected chi connectivity index (χ2v) is 9.62. The molecule has 1 aliphatic heterocycles. The molecule has 2 aromatic heterocycles. The van der Waals surface area contributed by atoms with Gasteiger partial charge in [0.15, 0.2) is 0 Å². The van der Waals surface area contributed by atoms with E-state index in [1.165, 1.54) is 28.2 Å². The number of nitrogens with zero attached hydrogens (tertiary/aromatic N) is 1. The first-order valence-corrected chi connectivity index (χ1v) is 11.7. The number of nitrogens with one attached hydrogen (secondary N) is 1. The van der Waals surface area contributed by atoms with E-state index >= 15 is 0 Å². The Morgan fingerprint density at radius 3 is 2.97 bits per heavy atom. The van der Waals surface area contributed by atoms with Crippen LogP contribution in [0.4, 0.5) is 5.00 Å². The Kier molecular flexibility index (Phi) is 6.64. The van der Waals surface area contributed by atoms with E-state index in [0.29, 0.717) is 10.6 Å². The maximum atomic E-state index is 12.9. The quantitative estimate of drug-likeness (QED) is 0.642. The molecule has 0 radical (unpaired) electrons. The summed E-state index contributed by atoms with van der Waals surface area (Å²) in [6.45, 7) is 2.51. The molecule has 1 amide bonds. The van der Waals surface area contributed by atoms with Gasteiger partial charge in [-0.05, 0) is 49.1 Å². The molecule has 1 N–H and O–H groups in total. The molecular weight excluding hydrogens is 408 g/mol. The van der Waals surface area contributed by atoms with Crippen molar-refractivity contribution in [1.82, 2.24) is 4.90 Å². The Morgan fingerprint density at radius 1 is 1.34 bits per heavy atom. The summed E-state index contributed by atoms with van der Waals surface area (Å²) in [5.74, 6) is -0.473. The lowest BCUT2D eigenvalue weighted by Crippen LogP contribution is -2.37. The largest absolute Gasteiger partial charge is 0.465 e. The average molecular weight is 435 g/mol. The normalized spacial score (nSPS) is 18.2. The predicted molar refractivity (Wildman–Crippen MR) is 115 cm³/mol. The maximum Gasteiger partial charge on any atom is 0.341 e. The van der Waals surface area contributed by atoms with Crippen molar-refractivity contribution in [3.8, 4) is 0 Å². The zero-order valence-corrected chi connectivity index (χ0v) is 18.2. The van der Waals surface area contributed by atoms with Crippen LogP contribution in [0.1, 0.15) is 44.9 Å². The fourth-order valence-corrected chi connectivity index (χ4v) is 6.10. The molecule has 6 nitrogen and oxygen atoms in total. The summed E-state index contributed by atoms with van der Waals surface area (Å²) in [5.41, 5.74) is 1.59. The second-order valence-electron chi connectivity index (χ2n) is 7.49. The topological polar surface area (TPSA) is 67.9 Å². The molecule has 0 spiro atoms. The lowest BCUT2D eigenvalue weighted by atomic mass is 10.1. The van der Waals surface area contributed by atoms with Gasteiger partial charge in [0, 0.05) is 29.5 Å². The van der Waals surface area contributed by atoms with Crippen LogP contribution in [0.3, 0.4) is 0 Å². The lowest BCUT2D eigenvalue weighted by Gasteiger charge is -2.24. The van der Waals surface area contributed by atoms with Crippen LogP contribution in [0.15, 0.2) is 17.5 Å². The van der Waals surface area contributed by atoms with E-state index in [4.69, 9.17) is 9.47 Å². The van der Waals surface area contributed by atoms with Gasteiger partial charge in [0.1, 0.15) is 5.00 Å². The third-order valence-electron chi connectivity index (χ3n) is 5.38. The molecule has 2 aliphatic rings. The number of hydrogen-bond acceptors (Lipinski definition) is 7. The van der Waals surface area contributed by atoms with Crippen molar-refractivity contribution in [2.24, 2.45) is 0 Å². The van der Waals surface area contributed by atoms with E-state index < -0.39 is 0 Å². The Bertz CT molecular complexity index is 856. The Labute approximate surface area is 178 Å². The molecule has 0 saturated carbocycles. The summed E-state index contributed by atoms with van der Waals surface area (Å²) in [6.07, 6.45) is 5.17. The molecule has 2 aromatic rings. The third kappa shape index (κ3) is 4.88. The Morgan fingerprint density at radius 2 is 2.24 bits per heavy atom. The number of fused-ring (bicyclic) bond motifs is 1. The molecule has 0 unspecified atom stereocenters. The smallest absolute Gasteiger partial charge is 0.341 e. The molecule has 156 valence electrons. The third-order valence-corrected chi connectivity index (χ3v) is 7.44. The first kappa shape index (κ1) is 20.5. The number of amides is 1. The first-order valence-electron chi connectivity index (χ1n) is 10.0. The van der Waals surface area contributed by atoms with Crippen molar-refractivity contribution in [3.63, 3.8) is 0 Å². The standard InChI is InChI=1S/C21H26N2O4S2/c1-26-21(25)19-16-7-2-8-17(16)29-20(19)22-18(24)13-23(11-14-5-3-9-27-14)12-15-6-4-10-28-15/h4,6,10,14H,2-3,5,7-9,11-13H2,1H3,(H,22,24)/t14-/m0/s1.